The highest BCUT2D eigenvalue weighted by Crippen LogP contribution is 2.22. The van der Waals surface area contributed by atoms with Crippen molar-refractivity contribution in [1.29, 1.82) is 0 Å². The van der Waals surface area contributed by atoms with Crippen LogP contribution in [0.1, 0.15) is 36.7 Å². The van der Waals surface area contributed by atoms with Gasteiger partial charge in [0.05, 0.1) is 24.9 Å². The van der Waals surface area contributed by atoms with Gasteiger partial charge in [-0.3, -0.25) is 9.58 Å². The molecule has 0 aliphatic carbocycles. The number of aromatic nitrogens is 2. The number of hydrogen-bond acceptors (Lipinski definition) is 4. The fourth-order valence-electron chi connectivity index (χ4n) is 3.77. The van der Waals surface area contributed by atoms with Crippen molar-refractivity contribution in [3.05, 3.63) is 17.0 Å². The van der Waals surface area contributed by atoms with Gasteiger partial charge < -0.3 is 15.4 Å². The van der Waals surface area contributed by atoms with Crippen molar-refractivity contribution in [2.75, 3.05) is 32.8 Å². The number of rotatable bonds is 5. The van der Waals surface area contributed by atoms with Crippen LogP contribution >= 0.6 is 0 Å². The number of hydrogen-bond donors (Lipinski definition) is 2. The van der Waals surface area contributed by atoms with E-state index in [4.69, 9.17) is 9.73 Å². The summed E-state index contributed by atoms with van der Waals surface area (Å²) in [5, 5.41) is 11.2. The second-order valence-electron chi connectivity index (χ2n) is 7.10. The number of nitrogens with zero attached hydrogens (tertiary/aromatic N) is 4. The number of aliphatic imine (C=N–C) groups is 1. The van der Waals surface area contributed by atoms with E-state index in [1.807, 2.05) is 18.7 Å². The molecule has 2 N–H and O–H groups in total. The van der Waals surface area contributed by atoms with Gasteiger partial charge in [0.1, 0.15) is 0 Å². The molecule has 0 saturated carbocycles. The second kappa shape index (κ2) is 8.19. The van der Waals surface area contributed by atoms with Crippen LogP contribution in [0.25, 0.3) is 0 Å². The van der Waals surface area contributed by atoms with Gasteiger partial charge in [0.15, 0.2) is 5.96 Å². The second-order valence-corrected chi connectivity index (χ2v) is 7.10. The van der Waals surface area contributed by atoms with Crippen LogP contribution in [-0.2, 0) is 18.3 Å². The van der Waals surface area contributed by atoms with Crippen LogP contribution in [0.15, 0.2) is 4.99 Å². The zero-order valence-corrected chi connectivity index (χ0v) is 16.0. The van der Waals surface area contributed by atoms with Gasteiger partial charge in [-0.05, 0) is 40.2 Å². The molecule has 0 radical (unpaired) electrons. The van der Waals surface area contributed by atoms with Gasteiger partial charge in [0.25, 0.3) is 0 Å². The van der Waals surface area contributed by atoms with Gasteiger partial charge in [0, 0.05) is 44.0 Å². The first-order valence-electron chi connectivity index (χ1n) is 9.45. The number of guanidine groups is 1. The highest BCUT2D eigenvalue weighted by atomic mass is 16.5. The fourth-order valence-corrected chi connectivity index (χ4v) is 3.77. The molecule has 0 bridgehead atoms. The lowest BCUT2D eigenvalue weighted by atomic mass is 10.2. The first-order chi connectivity index (χ1) is 12.1. The normalized spacial score (nSPS) is 24.4. The highest BCUT2D eigenvalue weighted by molar-refractivity contribution is 5.79. The van der Waals surface area contributed by atoms with E-state index in [-0.39, 0.29) is 6.10 Å². The predicted molar refractivity (Wildman–Crippen MR) is 99.8 cm³/mol. The van der Waals surface area contributed by atoms with Crippen molar-refractivity contribution in [2.45, 2.75) is 52.3 Å². The molecule has 0 amide bonds. The molecule has 140 valence electrons. The summed E-state index contributed by atoms with van der Waals surface area (Å²) in [4.78, 5) is 7.31. The molecule has 2 saturated heterocycles. The monoisotopic (exact) mass is 348 g/mol. The average molecular weight is 348 g/mol. The lowest BCUT2D eigenvalue weighted by Gasteiger charge is -2.35. The Labute approximate surface area is 150 Å². The minimum atomic E-state index is 0.236. The summed E-state index contributed by atoms with van der Waals surface area (Å²) in [6.45, 7) is 11.6. The SMILES string of the molecule is CCNC(=NCc1c(C)nn(C)c1C)NCC1CN2CCCC2CO1. The number of fused-ring (bicyclic) bond motifs is 1. The topological polar surface area (TPSA) is 66.7 Å². The Bertz CT molecular complexity index is 611. The van der Waals surface area contributed by atoms with Crippen molar-refractivity contribution < 1.29 is 4.74 Å². The first kappa shape index (κ1) is 18.2. The van der Waals surface area contributed by atoms with E-state index in [0.717, 1.165) is 37.9 Å². The maximum Gasteiger partial charge on any atom is 0.191 e. The van der Waals surface area contributed by atoms with Gasteiger partial charge >= 0.3 is 0 Å². The molecule has 2 fully saturated rings. The summed E-state index contributed by atoms with van der Waals surface area (Å²) in [7, 11) is 1.98. The Kier molecular flexibility index (Phi) is 5.96. The van der Waals surface area contributed by atoms with Crippen molar-refractivity contribution in [1.82, 2.24) is 25.3 Å². The third-order valence-corrected chi connectivity index (χ3v) is 5.36. The van der Waals surface area contributed by atoms with Crippen molar-refractivity contribution in [3.63, 3.8) is 0 Å². The van der Waals surface area contributed by atoms with Crippen LogP contribution in [0.5, 0.6) is 0 Å². The Hall–Kier alpha value is -1.60. The van der Waals surface area contributed by atoms with Crippen LogP contribution in [0.2, 0.25) is 0 Å². The molecule has 7 nitrogen and oxygen atoms in total. The minimum Gasteiger partial charge on any atom is -0.373 e. The van der Waals surface area contributed by atoms with E-state index >= 15 is 0 Å². The van der Waals surface area contributed by atoms with E-state index in [1.165, 1.54) is 30.6 Å². The van der Waals surface area contributed by atoms with Gasteiger partial charge in [-0.15, -0.1) is 0 Å². The van der Waals surface area contributed by atoms with Crippen LogP contribution in [0.3, 0.4) is 0 Å². The van der Waals surface area contributed by atoms with Crippen molar-refractivity contribution in [2.24, 2.45) is 12.0 Å². The zero-order chi connectivity index (χ0) is 17.8. The summed E-state index contributed by atoms with van der Waals surface area (Å²) in [5.74, 6) is 0.845. The van der Waals surface area contributed by atoms with Crippen molar-refractivity contribution in [3.8, 4) is 0 Å². The van der Waals surface area contributed by atoms with E-state index in [9.17, 15) is 0 Å². The van der Waals surface area contributed by atoms with E-state index < -0.39 is 0 Å². The third-order valence-electron chi connectivity index (χ3n) is 5.36. The summed E-state index contributed by atoms with van der Waals surface area (Å²) in [5.41, 5.74) is 3.43. The van der Waals surface area contributed by atoms with Crippen molar-refractivity contribution >= 4 is 5.96 Å². The maximum atomic E-state index is 6.02. The molecule has 2 atom stereocenters. The van der Waals surface area contributed by atoms with Gasteiger partial charge in [-0.25, -0.2) is 4.99 Å². The molecule has 3 heterocycles. The molecule has 0 aromatic carbocycles. The molecule has 1 aromatic heterocycles. The standard InChI is InChI=1S/C18H32N6O/c1-5-19-18(21-10-17-13(2)22-23(4)14(17)3)20-9-16-11-24-8-6-7-15(24)12-25-16/h15-16H,5-12H2,1-4H3,(H2,19,20,21). The van der Waals surface area contributed by atoms with Gasteiger partial charge in [-0.2, -0.15) is 5.10 Å². The first-order valence-corrected chi connectivity index (χ1v) is 9.45. The van der Waals surface area contributed by atoms with Crippen LogP contribution in [-0.4, -0.2) is 65.6 Å². The summed E-state index contributed by atoms with van der Waals surface area (Å²) in [6, 6.07) is 0.648. The molecular formula is C18H32N6O. The Morgan fingerprint density at radius 2 is 2.20 bits per heavy atom. The van der Waals surface area contributed by atoms with Gasteiger partial charge in [-0.1, -0.05) is 0 Å². The maximum absolute atomic E-state index is 6.02. The minimum absolute atomic E-state index is 0.236. The largest absolute Gasteiger partial charge is 0.373 e. The third kappa shape index (κ3) is 4.33. The van der Waals surface area contributed by atoms with Crippen LogP contribution in [0, 0.1) is 13.8 Å². The Morgan fingerprint density at radius 1 is 1.36 bits per heavy atom. The molecular weight excluding hydrogens is 316 g/mol. The smallest absolute Gasteiger partial charge is 0.191 e. The number of aryl methyl sites for hydroxylation is 2. The number of ether oxygens (including phenoxy) is 1. The van der Waals surface area contributed by atoms with Crippen LogP contribution < -0.4 is 10.6 Å². The molecule has 0 spiro atoms. The summed E-state index contributed by atoms with van der Waals surface area (Å²) >= 11 is 0. The average Bonchev–Trinajstić information content (AvgIpc) is 3.15. The Morgan fingerprint density at radius 3 is 2.92 bits per heavy atom. The molecule has 3 rings (SSSR count). The molecule has 25 heavy (non-hydrogen) atoms. The van der Waals surface area contributed by atoms with E-state index in [2.05, 4.69) is 34.5 Å². The lowest BCUT2D eigenvalue weighted by Crippen LogP contribution is -2.51. The molecule has 7 heteroatoms. The van der Waals surface area contributed by atoms with E-state index in [0.29, 0.717) is 12.6 Å². The summed E-state index contributed by atoms with van der Waals surface area (Å²) in [6.07, 6.45) is 2.83. The molecule has 2 aliphatic heterocycles. The zero-order valence-electron chi connectivity index (χ0n) is 16.0. The number of nitrogens with one attached hydrogen (secondary N) is 2. The van der Waals surface area contributed by atoms with Crippen LogP contribution in [0.4, 0.5) is 0 Å². The fraction of sp³-hybridized carbons (Fsp3) is 0.778. The molecule has 2 aliphatic rings. The summed E-state index contributed by atoms with van der Waals surface area (Å²) < 4.78 is 7.94. The lowest BCUT2D eigenvalue weighted by molar-refractivity contribution is -0.0453. The predicted octanol–water partition coefficient (Wildman–Crippen LogP) is 0.955. The quantitative estimate of drug-likeness (QED) is 0.613. The molecule has 2 unspecified atom stereocenters. The molecule has 1 aromatic rings. The van der Waals surface area contributed by atoms with Gasteiger partial charge in [0.2, 0.25) is 0 Å². The number of morpholine rings is 1. The Balaban J connectivity index is 1.55. The van der Waals surface area contributed by atoms with E-state index in [1.54, 1.807) is 0 Å². The highest BCUT2D eigenvalue weighted by Gasteiger charge is 2.32.